The molecule has 1 radical (unpaired) electrons. The summed E-state index contributed by atoms with van der Waals surface area (Å²) in [6.07, 6.45) is 5.22. The molecule has 2 rings (SSSR count). The van der Waals surface area contributed by atoms with E-state index in [9.17, 15) is 0 Å². The first-order chi connectivity index (χ1) is 5.42. The van der Waals surface area contributed by atoms with Crippen LogP contribution in [0.1, 0.15) is 5.56 Å². The zero-order chi connectivity index (χ0) is 7.68. The van der Waals surface area contributed by atoms with Crippen LogP contribution >= 0.6 is 0 Å². The number of benzene rings is 1. The van der Waals surface area contributed by atoms with Crippen LogP contribution in [0.3, 0.4) is 0 Å². The highest BCUT2D eigenvalue weighted by Crippen LogP contribution is 2.35. The quantitative estimate of drug-likeness (QED) is 0.516. The van der Waals surface area contributed by atoms with Gasteiger partial charge in [-0.15, -0.1) is 6.42 Å². The van der Waals surface area contributed by atoms with Gasteiger partial charge in [0.25, 0.3) is 0 Å². The van der Waals surface area contributed by atoms with Crippen LogP contribution in [-0.2, 0) is 0 Å². The molecule has 0 amide bonds. The molecule has 0 aliphatic carbocycles. The van der Waals surface area contributed by atoms with Crippen molar-refractivity contribution < 1.29 is 9.47 Å². The fourth-order valence-electron chi connectivity index (χ4n) is 0.968. The normalized spacial score (nSPS) is 12.6. The molecular formula is C9H5O2. The van der Waals surface area contributed by atoms with Gasteiger partial charge in [0.2, 0.25) is 0 Å². The van der Waals surface area contributed by atoms with Gasteiger partial charge in [-0.2, -0.15) is 0 Å². The summed E-state index contributed by atoms with van der Waals surface area (Å²) >= 11 is 0. The molecule has 0 spiro atoms. The lowest BCUT2D eigenvalue weighted by atomic mass is 10.2. The van der Waals surface area contributed by atoms with Gasteiger partial charge in [0, 0.05) is 0 Å². The van der Waals surface area contributed by atoms with E-state index in [1.165, 1.54) is 6.79 Å². The molecule has 1 aliphatic heterocycles. The lowest BCUT2D eigenvalue weighted by Crippen LogP contribution is -1.84. The molecule has 2 heteroatoms. The topological polar surface area (TPSA) is 18.5 Å². The van der Waals surface area contributed by atoms with Crippen molar-refractivity contribution in [1.29, 1.82) is 0 Å². The maximum Gasteiger partial charge on any atom is 0.316 e. The first-order valence-corrected chi connectivity index (χ1v) is 3.16. The van der Waals surface area contributed by atoms with Crippen molar-refractivity contribution in [2.24, 2.45) is 0 Å². The summed E-state index contributed by atoms with van der Waals surface area (Å²) in [5, 5.41) is 0. The lowest BCUT2D eigenvalue weighted by molar-refractivity contribution is 0.270. The Morgan fingerprint density at radius 3 is 3.00 bits per heavy atom. The molecule has 0 bridgehead atoms. The zero-order valence-electron chi connectivity index (χ0n) is 5.70. The van der Waals surface area contributed by atoms with Crippen LogP contribution in [0.25, 0.3) is 0 Å². The summed E-state index contributed by atoms with van der Waals surface area (Å²) in [5.41, 5.74) is 0.719. The van der Waals surface area contributed by atoms with Gasteiger partial charge >= 0.3 is 6.79 Å². The Balaban J connectivity index is 2.61. The van der Waals surface area contributed by atoms with Crippen LogP contribution in [0.4, 0.5) is 0 Å². The lowest BCUT2D eigenvalue weighted by Gasteiger charge is -1.96. The number of fused-ring (bicyclic) bond motifs is 1. The van der Waals surface area contributed by atoms with E-state index in [0.29, 0.717) is 11.5 Å². The molecule has 0 saturated heterocycles. The van der Waals surface area contributed by atoms with E-state index >= 15 is 0 Å². The fourth-order valence-corrected chi connectivity index (χ4v) is 0.968. The van der Waals surface area contributed by atoms with Crippen LogP contribution in [-0.4, -0.2) is 0 Å². The Morgan fingerprint density at radius 2 is 2.18 bits per heavy atom. The minimum atomic E-state index is 0.634. The van der Waals surface area contributed by atoms with Crippen molar-refractivity contribution in [2.45, 2.75) is 0 Å². The van der Waals surface area contributed by atoms with Crippen LogP contribution in [0.5, 0.6) is 11.5 Å². The second-order valence-corrected chi connectivity index (χ2v) is 2.11. The molecule has 0 aromatic heterocycles. The van der Waals surface area contributed by atoms with Crippen LogP contribution < -0.4 is 9.47 Å². The molecule has 0 saturated carbocycles. The summed E-state index contributed by atoms with van der Waals surface area (Å²) < 4.78 is 10.0. The fraction of sp³-hybridized carbons (Fsp3) is 0. The maximum atomic E-state index is 5.22. The van der Waals surface area contributed by atoms with Crippen LogP contribution in [0.2, 0.25) is 0 Å². The molecule has 2 nitrogen and oxygen atoms in total. The van der Waals surface area contributed by atoms with E-state index in [4.69, 9.17) is 15.9 Å². The smallest absolute Gasteiger partial charge is 0.316 e. The number of terminal acetylenes is 1. The predicted octanol–water partition coefficient (Wildman–Crippen LogP) is 1.56. The van der Waals surface area contributed by atoms with Gasteiger partial charge in [-0.05, 0) is 12.1 Å². The van der Waals surface area contributed by atoms with Gasteiger partial charge < -0.3 is 9.47 Å². The second-order valence-electron chi connectivity index (χ2n) is 2.11. The van der Waals surface area contributed by atoms with E-state index in [1.54, 1.807) is 12.1 Å². The first-order valence-electron chi connectivity index (χ1n) is 3.16. The molecule has 0 unspecified atom stereocenters. The predicted molar refractivity (Wildman–Crippen MR) is 39.9 cm³/mol. The first kappa shape index (κ1) is 6.11. The summed E-state index contributed by atoms with van der Waals surface area (Å²) in [4.78, 5) is 0. The largest absolute Gasteiger partial charge is 0.444 e. The van der Waals surface area contributed by atoms with Crippen molar-refractivity contribution in [2.75, 3.05) is 0 Å². The van der Waals surface area contributed by atoms with Gasteiger partial charge in [-0.25, -0.2) is 0 Å². The van der Waals surface area contributed by atoms with Crippen LogP contribution in [0, 0.1) is 19.1 Å². The summed E-state index contributed by atoms with van der Waals surface area (Å²) in [7, 11) is 0. The molecule has 1 heterocycles. The minimum Gasteiger partial charge on any atom is -0.444 e. The number of rotatable bonds is 0. The Labute approximate surface area is 64.7 Å². The number of hydrogen-bond donors (Lipinski definition) is 0. The SMILES string of the molecule is C#Cc1cccc2c1O[CH]O2. The van der Waals surface area contributed by atoms with Gasteiger partial charge in [0.15, 0.2) is 11.5 Å². The molecular weight excluding hydrogens is 140 g/mol. The Hall–Kier alpha value is -1.62. The van der Waals surface area contributed by atoms with Gasteiger partial charge in [0.05, 0.1) is 5.56 Å². The van der Waals surface area contributed by atoms with Gasteiger partial charge in [-0.3, -0.25) is 0 Å². The van der Waals surface area contributed by atoms with E-state index in [2.05, 4.69) is 5.92 Å². The van der Waals surface area contributed by atoms with Crippen molar-refractivity contribution in [3.8, 4) is 23.8 Å². The molecule has 0 fully saturated rings. The minimum absolute atomic E-state index is 0.634. The third-order valence-electron chi connectivity index (χ3n) is 1.48. The van der Waals surface area contributed by atoms with Gasteiger partial charge in [0.1, 0.15) is 0 Å². The molecule has 0 N–H and O–H groups in total. The molecule has 0 atom stereocenters. The highest BCUT2D eigenvalue weighted by molar-refractivity contribution is 5.55. The third-order valence-corrected chi connectivity index (χ3v) is 1.48. The maximum absolute atomic E-state index is 5.22. The second kappa shape index (κ2) is 2.21. The Morgan fingerprint density at radius 1 is 1.27 bits per heavy atom. The van der Waals surface area contributed by atoms with E-state index in [1.807, 2.05) is 6.07 Å². The van der Waals surface area contributed by atoms with Crippen LogP contribution in [0.15, 0.2) is 18.2 Å². The highest BCUT2D eigenvalue weighted by Gasteiger charge is 2.16. The zero-order valence-corrected chi connectivity index (χ0v) is 5.70. The summed E-state index contributed by atoms with van der Waals surface area (Å²) in [5.74, 6) is 3.82. The van der Waals surface area contributed by atoms with Crippen molar-refractivity contribution in [3.05, 3.63) is 30.6 Å². The molecule has 11 heavy (non-hydrogen) atoms. The molecule has 1 aromatic rings. The van der Waals surface area contributed by atoms with E-state index < -0.39 is 0 Å². The van der Waals surface area contributed by atoms with E-state index in [-0.39, 0.29) is 0 Å². The highest BCUT2D eigenvalue weighted by atomic mass is 16.7. The van der Waals surface area contributed by atoms with Gasteiger partial charge in [-0.1, -0.05) is 12.0 Å². The van der Waals surface area contributed by atoms with Crippen molar-refractivity contribution >= 4 is 0 Å². The number of hydrogen-bond acceptors (Lipinski definition) is 2. The average Bonchev–Trinajstić information content (AvgIpc) is 2.50. The third kappa shape index (κ3) is 0.821. The Bertz CT molecular complexity index is 323. The molecule has 53 valence electrons. The van der Waals surface area contributed by atoms with Crippen molar-refractivity contribution in [1.82, 2.24) is 0 Å². The Kier molecular flexibility index (Phi) is 1.23. The molecule has 1 aliphatic rings. The van der Waals surface area contributed by atoms with E-state index in [0.717, 1.165) is 5.56 Å². The monoisotopic (exact) mass is 145 g/mol. The summed E-state index contributed by atoms with van der Waals surface area (Å²) in [6.45, 7) is 1.27. The number of para-hydroxylation sites is 1. The average molecular weight is 145 g/mol. The van der Waals surface area contributed by atoms with Crippen molar-refractivity contribution in [3.63, 3.8) is 0 Å². The molecule has 1 aromatic carbocycles. The summed E-state index contributed by atoms with van der Waals surface area (Å²) in [6, 6.07) is 5.44. The number of ether oxygens (including phenoxy) is 2. The standard InChI is InChI=1S/C9H5O2/c1-2-7-4-3-5-8-9(7)11-6-10-8/h1,3-6H.